The Morgan fingerprint density at radius 3 is 2.60 bits per heavy atom. The summed E-state index contributed by atoms with van der Waals surface area (Å²) in [5.41, 5.74) is 0.876. The maximum absolute atomic E-state index is 11.3. The van der Waals surface area contributed by atoms with Crippen LogP contribution in [-0.2, 0) is 4.79 Å². The van der Waals surface area contributed by atoms with E-state index in [2.05, 4.69) is 0 Å². The van der Waals surface area contributed by atoms with Crippen molar-refractivity contribution in [1.29, 1.82) is 5.26 Å². The monoisotopic (exact) mass is 273 g/mol. The van der Waals surface area contributed by atoms with E-state index >= 15 is 0 Å². The molecule has 1 aliphatic heterocycles. The van der Waals surface area contributed by atoms with Crippen LogP contribution in [0.15, 0.2) is 18.2 Å². The summed E-state index contributed by atoms with van der Waals surface area (Å²) in [5, 5.41) is 20.0. The number of Topliss-reactive ketones (excluding diaryl/α,β-unsaturated/α-hetero) is 1. The van der Waals surface area contributed by atoms with Crippen molar-refractivity contribution < 1.29 is 9.72 Å². The lowest BCUT2D eigenvalue weighted by molar-refractivity contribution is -0.384. The van der Waals surface area contributed by atoms with Crippen LogP contribution in [0, 0.1) is 27.4 Å². The van der Waals surface area contributed by atoms with Crippen molar-refractivity contribution in [3.63, 3.8) is 0 Å². The fraction of sp³-hybridized carbons (Fsp3) is 0.429. The molecule has 0 N–H and O–H groups in total. The Labute approximate surface area is 116 Å². The molecular weight excluding hydrogens is 258 g/mol. The van der Waals surface area contributed by atoms with E-state index in [4.69, 9.17) is 5.26 Å². The first-order valence-corrected chi connectivity index (χ1v) is 6.47. The van der Waals surface area contributed by atoms with E-state index in [0.717, 1.165) is 0 Å². The number of nitro groups is 1. The quantitative estimate of drug-likeness (QED) is 0.622. The summed E-state index contributed by atoms with van der Waals surface area (Å²) in [4.78, 5) is 23.9. The topological polar surface area (TPSA) is 87.2 Å². The van der Waals surface area contributed by atoms with Gasteiger partial charge in [0.25, 0.3) is 5.69 Å². The number of carbonyl (C=O) groups is 1. The smallest absolute Gasteiger partial charge is 0.292 e. The molecule has 1 saturated heterocycles. The summed E-state index contributed by atoms with van der Waals surface area (Å²) in [6, 6.07) is 6.36. The number of hydrogen-bond donors (Lipinski definition) is 0. The van der Waals surface area contributed by atoms with E-state index < -0.39 is 4.92 Å². The number of carbonyl (C=O) groups excluding carboxylic acids is 1. The average Bonchev–Trinajstić information content (AvgIpc) is 2.46. The van der Waals surface area contributed by atoms with E-state index in [9.17, 15) is 14.9 Å². The second-order valence-electron chi connectivity index (χ2n) is 4.94. The predicted molar refractivity (Wildman–Crippen MR) is 73.4 cm³/mol. The Kier molecular flexibility index (Phi) is 3.99. The van der Waals surface area contributed by atoms with Crippen LogP contribution in [0.3, 0.4) is 0 Å². The Balaban J connectivity index is 2.26. The molecule has 0 saturated carbocycles. The van der Waals surface area contributed by atoms with Crippen molar-refractivity contribution in [3.05, 3.63) is 33.9 Å². The summed E-state index contributed by atoms with van der Waals surface area (Å²) in [5.74, 6) is 0.217. The normalized spacial score (nSPS) is 15.7. The number of nitrogens with zero attached hydrogens (tertiary/aromatic N) is 3. The first-order chi connectivity index (χ1) is 9.52. The van der Waals surface area contributed by atoms with Gasteiger partial charge >= 0.3 is 0 Å². The average molecular weight is 273 g/mol. The fourth-order valence-electron chi connectivity index (χ4n) is 2.53. The van der Waals surface area contributed by atoms with Gasteiger partial charge < -0.3 is 4.90 Å². The van der Waals surface area contributed by atoms with Gasteiger partial charge in [0.1, 0.15) is 11.5 Å². The van der Waals surface area contributed by atoms with Crippen LogP contribution < -0.4 is 4.90 Å². The van der Waals surface area contributed by atoms with Crippen molar-refractivity contribution in [3.8, 4) is 6.07 Å². The molecule has 1 fully saturated rings. The van der Waals surface area contributed by atoms with E-state index in [1.807, 2.05) is 11.0 Å². The molecule has 0 unspecified atom stereocenters. The largest absolute Gasteiger partial charge is 0.366 e. The highest BCUT2D eigenvalue weighted by atomic mass is 16.6. The second kappa shape index (κ2) is 5.70. The van der Waals surface area contributed by atoms with Crippen LogP contribution in [-0.4, -0.2) is 23.8 Å². The standard InChI is InChI=1S/C14H15N3O3/c1-10(18)12-4-6-16(7-5-12)14-8-11(9-15)2-3-13(14)17(19)20/h2-3,8,12H,4-7H2,1H3. The summed E-state index contributed by atoms with van der Waals surface area (Å²) in [7, 11) is 0. The summed E-state index contributed by atoms with van der Waals surface area (Å²) < 4.78 is 0. The van der Waals surface area contributed by atoms with Gasteiger partial charge in [-0.25, -0.2) is 0 Å². The van der Waals surface area contributed by atoms with Crippen molar-refractivity contribution >= 4 is 17.2 Å². The Hall–Kier alpha value is -2.42. The Morgan fingerprint density at radius 1 is 1.45 bits per heavy atom. The fourth-order valence-corrected chi connectivity index (χ4v) is 2.53. The van der Waals surface area contributed by atoms with E-state index in [1.54, 1.807) is 13.0 Å². The zero-order valence-corrected chi connectivity index (χ0v) is 11.2. The summed E-state index contributed by atoms with van der Waals surface area (Å²) >= 11 is 0. The summed E-state index contributed by atoms with van der Waals surface area (Å²) in [6.07, 6.45) is 1.40. The molecule has 0 atom stereocenters. The van der Waals surface area contributed by atoms with E-state index in [-0.39, 0.29) is 17.4 Å². The van der Waals surface area contributed by atoms with Gasteiger partial charge in [0, 0.05) is 25.1 Å². The number of nitro benzene ring substituents is 1. The van der Waals surface area contributed by atoms with Gasteiger partial charge in [0.2, 0.25) is 0 Å². The Morgan fingerprint density at radius 2 is 2.10 bits per heavy atom. The molecule has 6 nitrogen and oxygen atoms in total. The molecule has 0 spiro atoms. The van der Waals surface area contributed by atoms with Gasteiger partial charge in [-0.05, 0) is 31.9 Å². The predicted octanol–water partition coefficient (Wildman–Crippen LogP) is 2.27. The van der Waals surface area contributed by atoms with Crippen LogP contribution >= 0.6 is 0 Å². The van der Waals surface area contributed by atoms with Crippen LogP contribution in [0.4, 0.5) is 11.4 Å². The highest BCUT2D eigenvalue weighted by molar-refractivity contribution is 5.78. The zero-order valence-electron chi connectivity index (χ0n) is 11.2. The number of rotatable bonds is 3. The Bertz CT molecular complexity index is 584. The van der Waals surface area contributed by atoms with E-state index in [0.29, 0.717) is 37.2 Å². The molecule has 2 rings (SSSR count). The van der Waals surface area contributed by atoms with Crippen molar-refractivity contribution in [2.24, 2.45) is 5.92 Å². The lowest BCUT2D eigenvalue weighted by Gasteiger charge is -2.32. The van der Waals surface area contributed by atoms with Crippen molar-refractivity contribution in [2.45, 2.75) is 19.8 Å². The maximum Gasteiger partial charge on any atom is 0.292 e. The first-order valence-electron chi connectivity index (χ1n) is 6.47. The van der Waals surface area contributed by atoms with Gasteiger partial charge in [-0.3, -0.25) is 14.9 Å². The van der Waals surface area contributed by atoms with Gasteiger partial charge in [0.05, 0.1) is 16.6 Å². The molecule has 0 aromatic heterocycles. The van der Waals surface area contributed by atoms with Gasteiger partial charge in [0.15, 0.2) is 0 Å². The molecule has 6 heteroatoms. The van der Waals surface area contributed by atoms with Crippen LogP contribution in [0.5, 0.6) is 0 Å². The highest BCUT2D eigenvalue weighted by Gasteiger charge is 2.26. The number of ketones is 1. The summed E-state index contributed by atoms with van der Waals surface area (Å²) in [6.45, 7) is 2.78. The van der Waals surface area contributed by atoms with Crippen molar-refractivity contribution in [2.75, 3.05) is 18.0 Å². The molecule has 1 aromatic rings. The van der Waals surface area contributed by atoms with Gasteiger partial charge in [-0.1, -0.05) is 0 Å². The molecule has 20 heavy (non-hydrogen) atoms. The number of benzene rings is 1. The molecule has 1 aromatic carbocycles. The lowest BCUT2D eigenvalue weighted by Crippen LogP contribution is -2.36. The second-order valence-corrected chi connectivity index (χ2v) is 4.94. The van der Waals surface area contributed by atoms with Crippen molar-refractivity contribution in [1.82, 2.24) is 0 Å². The minimum atomic E-state index is -0.437. The van der Waals surface area contributed by atoms with Gasteiger partial charge in [-0.15, -0.1) is 0 Å². The number of piperidine rings is 1. The molecule has 0 aliphatic carbocycles. The third kappa shape index (κ3) is 2.77. The number of nitriles is 1. The third-order valence-corrected chi connectivity index (χ3v) is 3.71. The minimum Gasteiger partial charge on any atom is -0.366 e. The zero-order chi connectivity index (χ0) is 14.7. The molecule has 0 radical (unpaired) electrons. The van der Waals surface area contributed by atoms with Crippen LogP contribution in [0.1, 0.15) is 25.3 Å². The molecule has 104 valence electrons. The molecule has 1 aliphatic rings. The van der Waals surface area contributed by atoms with Gasteiger partial charge in [-0.2, -0.15) is 5.26 Å². The SMILES string of the molecule is CC(=O)C1CCN(c2cc(C#N)ccc2[N+](=O)[O-])CC1. The molecule has 1 heterocycles. The number of hydrogen-bond acceptors (Lipinski definition) is 5. The van der Waals surface area contributed by atoms with E-state index in [1.165, 1.54) is 12.1 Å². The minimum absolute atomic E-state index is 0.00488. The maximum atomic E-state index is 11.3. The third-order valence-electron chi connectivity index (χ3n) is 3.71. The molecule has 0 amide bonds. The highest BCUT2D eigenvalue weighted by Crippen LogP contribution is 2.32. The number of anilines is 1. The van der Waals surface area contributed by atoms with Crippen LogP contribution in [0.25, 0.3) is 0 Å². The first kappa shape index (κ1) is 14.0. The van der Waals surface area contributed by atoms with Crippen LogP contribution in [0.2, 0.25) is 0 Å². The molecule has 0 bridgehead atoms. The molecular formula is C14H15N3O3. The lowest BCUT2D eigenvalue weighted by atomic mass is 9.93.